The summed E-state index contributed by atoms with van der Waals surface area (Å²) in [5.41, 5.74) is -2.45. The molecule has 1 rings (SSSR count). The predicted octanol–water partition coefficient (Wildman–Crippen LogP) is 5.32. The van der Waals surface area contributed by atoms with Crippen molar-refractivity contribution in [1.29, 1.82) is 0 Å². The number of aliphatic hydroxyl groups is 1. The molecule has 252 valence electrons. The fourth-order valence-corrected chi connectivity index (χ4v) is 4.87. The number of carboxylic acid groups (broad SMARTS) is 3. The van der Waals surface area contributed by atoms with Gasteiger partial charge < -0.3 is 30.5 Å². The minimum Gasteiger partial charge on any atom is -0.494 e. The van der Waals surface area contributed by atoms with Crippen molar-refractivity contribution in [1.82, 2.24) is 5.32 Å². The standard InChI is InChI=1S/C34H51NO10/c1-3-5-6-9-12-15-26(36)16-13-10-7-8-11-14-17-28(34(44,33(42)43)24-30(37)38)31(39)35-29(32(40)41)23-25-18-20-27(21-19-25)45-22-4-2/h14,17-21,28-29,44H,3-13,15-16,22-24H2,1-2H3,(H,35,39)(H,37,38)(H,40,41)(H,42,43)/b17-14+/t28-,29?,34+/m1/s1. The molecule has 0 spiro atoms. The average Bonchev–Trinajstić information content (AvgIpc) is 2.98. The van der Waals surface area contributed by atoms with E-state index >= 15 is 0 Å². The summed E-state index contributed by atoms with van der Waals surface area (Å²) in [4.78, 5) is 60.7. The van der Waals surface area contributed by atoms with Gasteiger partial charge in [0.1, 0.15) is 17.6 Å². The molecule has 11 nitrogen and oxygen atoms in total. The van der Waals surface area contributed by atoms with Crippen LogP contribution in [0.2, 0.25) is 0 Å². The van der Waals surface area contributed by atoms with Crippen LogP contribution in [0.5, 0.6) is 5.75 Å². The minimum atomic E-state index is -3.01. The number of benzene rings is 1. The van der Waals surface area contributed by atoms with Crippen LogP contribution in [0, 0.1) is 5.92 Å². The fourth-order valence-electron chi connectivity index (χ4n) is 4.87. The molecule has 3 atom stereocenters. The zero-order valence-corrected chi connectivity index (χ0v) is 26.7. The Kier molecular flexibility index (Phi) is 19.1. The first-order valence-electron chi connectivity index (χ1n) is 16.0. The first kappa shape index (κ1) is 39.3. The number of Topliss-reactive ketones (excluding diaryl/α,β-unsaturated/α-hetero) is 1. The number of nitrogens with one attached hydrogen (secondary N) is 1. The summed E-state index contributed by atoms with van der Waals surface area (Å²) >= 11 is 0. The van der Waals surface area contributed by atoms with Crippen molar-refractivity contribution < 1.29 is 49.1 Å². The number of carbonyl (C=O) groups excluding carboxylic acids is 2. The van der Waals surface area contributed by atoms with Gasteiger partial charge in [-0.1, -0.05) is 76.7 Å². The summed E-state index contributed by atoms with van der Waals surface area (Å²) in [5, 5.41) is 41.9. The van der Waals surface area contributed by atoms with E-state index in [-0.39, 0.29) is 12.2 Å². The fraction of sp³-hybridized carbons (Fsp3) is 0.618. The van der Waals surface area contributed by atoms with Gasteiger partial charge >= 0.3 is 17.9 Å². The highest BCUT2D eigenvalue weighted by Crippen LogP contribution is 2.26. The number of rotatable bonds is 26. The van der Waals surface area contributed by atoms with Gasteiger partial charge in [-0.25, -0.2) is 9.59 Å². The van der Waals surface area contributed by atoms with Crippen molar-refractivity contribution in [2.24, 2.45) is 5.92 Å². The van der Waals surface area contributed by atoms with E-state index in [2.05, 4.69) is 12.2 Å². The summed E-state index contributed by atoms with van der Waals surface area (Å²) in [6.45, 7) is 4.63. The smallest absolute Gasteiger partial charge is 0.337 e. The highest BCUT2D eigenvalue weighted by atomic mass is 16.5. The Labute approximate surface area is 266 Å². The number of unbranched alkanes of at least 4 members (excludes halogenated alkanes) is 8. The van der Waals surface area contributed by atoms with E-state index in [1.165, 1.54) is 12.5 Å². The summed E-state index contributed by atoms with van der Waals surface area (Å²) in [6.07, 6.45) is 12.1. The molecule has 0 heterocycles. The molecular weight excluding hydrogens is 582 g/mol. The molecule has 0 saturated heterocycles. The number of amides is 1. The van der Waals surface area contributed by atoms with Crippen molar-refractivity contribution in [2.75, 3.05) is 6.61 Å². The SMILES string of the molecule is CCCCCCCC(=O)CCCCCC/C=C/[C@H](C(=O)NC(Cc1ccc(OCCC)cc1)C(=O)O)[C@@](O)(CC(=O)O)C(=O)O. The lowest BCUT2D eigenvalue weighted by molar-refractivity contribution is -0.172. The Morgan fingerprint density at radius 3 is 1.98 bits per heavy atom. The highest BCUT2D eigenvalue weighted by Gasteiger charge is 2.49. The topological polar surface area (TPSA) is 188 Å². The van der Waals surface area contributed by atoms with Crippen molar-refractivity contribution >= 4 is 29.6 Å². The maximum absolute atomic E-state index is 13.3. The monoisotopic (exact) mass is 633 g/mol. The molecule has 1 aromatic rings. The molecule has 0 aromatic heterocycles. The lowest BCUT2D eigenvalue weighted by Crippen LogP contribution is -2.55. The number of ether oxygens (including phenoxy) is 1. The third kappa shape index (κ3) is 15.7. The van der Waals surface area contributed by atoms with E-state index in [4.69, 9.17) is 4.74 Å². The summed E-state index contributed by atoms with van der Waals surface area (Å²) < 4.78 is 5.52. The quantitative estimate of drug-likeness (QED) is 0.0660. The molecule has 0 aliphatic rings. The first-order chi connectivity index (χ1) is 21.4. The van der Waals surface area contributed by atoms with Crippen LogP contribution in [-0.4, -0.2) is 68.3 Å². The molecule has 1 aromatic carbocycles. The Bertz CT molecular complexity index is 1100. The second-order valence-corrected chi connectivity index (χ2v) is 11.5. The van der Waals surface area contributed by atoms with Gasteiger partial charge in [0.05, 0.1) is 18.9 Å². The number of allylic oxidation sites excluding steroid dienone is 1. The maximum Gasteiger partial charge on any atom is 0.337 e. The van der Waals surface area contributed by atoms with Gasteiger partial charge in [0.15, 0.2) is 5.60 Å². The zero-order chi connectivity index (χ0) is 33.7. The van der Waals surface area contributed by atoms with Gasteiger partial charge in [0.25, 0.3) is 0 Å². The Balaban J connectivity index is 2.81. The zero-order valence-electron chi connectivity index (χ0n) is 26.7. The number of carboxylic acids is 3. The molecule has 45 heavy (non-hydrogen) atoms. The first-order valence-corrected chi connectivity index (χ1v) is 16.0. The van der Waals surface area contributed by atoms with E-state index < -0.39 is 47.8 Å². The normalized spacial score (nSPS) is 13.9. The molecular formula is C34H51NO10. The second-order valence-electron chi connectivity index (χ2n) is 11.5. The third-order valence-electron chi connectivity index (χ3n) is 7.50. The van der Waals surface area contributed by atoms with Crippen LogP contribution in [0.4, 0.5) is 0 Å². The summed E-state index contributed by atoms with van der Waals surface area (Å²) in [7, 11) is 0. The van der Waals surface area contributed by atoms with Crippen molar-refractivity contribution in [3.63, 3.8) is 0 Å². The summed E-state index contributed by atoms with van der Waals surface area (Å²) in [6, 6.07) is 5.15. The van der Waals surface area contributed by atoms with Crippen LogP contribution < -0.4 is 10.1 Å². The Morgan fingerprint density at radius 1 is 0.844 bits per heavy atom. The van der Waals surface area contributed by atoms with E-state index in [0.717, 1.165) is 57.4 Å². The number of carbonyl (C=O) groups is 5. The molecule has 0 aliphatic carbocycles. The van der Waals surface area contributed by atoms with Crippen molar-refractivity contribution in [3.8, 4) is 5.75 Å². The van der Waals surface area contributed by atoms with Gasteiger partial charge in [-0.15, -0.1) is 0 Å². The van der Waals surface area contributed by atoms with E-state index in [0.29, 0.717) is 43.6 Å². The Morgan fingerprint density at radius 2 is 1.44 bits per heavy atom. The van der Waals surface area contributed by atoms with Gasteiger partial charge in [-0.05, 0) is 49.8 Å². The number of hydrogen-bond donors (Lipinski definition) is 5. The molecule has 0 bridgehead atoms. The molecule has 0 aliphatic heterocycles. The van der Waals surface area contributed by atoms with Crippen molar-refractivity contribution in [3.05, 3.63) is 42.0 Å². The molecule has 11 heteroatoms. The highest BCUT2D eigenvalue weighted by molar-refractivity contribution is 5.94. The van der Waals surface area contributed by atoms with Gasteiger partial charge in [-0.2, -0.15) is 0 Å². The number of aliphatic carboxylic acids is 3. The van der Waals surface area contributed by atoms with Crippen molar-refractivity contribution in [2.45, 2.75) is 122 Å². The number of hydrogen-bond acceptors (Lipinski definition) is 7. The van der Waals surface area contributed by atoms with Crippen LogP contribution in [0.3, 0.4) is 0 Å². The molecule has 0 saturated carbocycles. The summed E-state index contributed by atoms with van der Waals surface area (Å²) in [5.74, 6) is -7.06. The van der Waals surface area contributed by atoms with Crippen LogP contribution in [0.25, 0.3) is 0 Å². The second kappa shape index (κ2) is 21.9. The largest absolute Gasteiger partial charge is 0.494 e. The van der Waals surface area contributed by atoms with Gasteiger partial charge in [0, 0.05) is 19.3 Å². The molecule has 0 fully saturated rings. The van der Waals surface area contributed by atoms with Crippen LogP contribution in [-0.2, 0) is 30.4 Å². The van der Waals surface area contributed by atoms with Crippen LogP contribution in [0.15, 0.2) is 36.4 Å². The molecule has 5 N–H and O–H groups in total. The third-order valence-corrected chi connectivity index (χ3v) is 7.50. The van der Waals surface area contributed by atoms with Gasteiger partial charge in [-0.3, -0.25) is 14.4 Å². The number of ketones is 1. The van der Waals surface area contributed by atoms with E-state index in [1.54, 1.807) is 24.3 Å². The van der Waals surface area contributed by atoms with Crippen LogP contribution in [0.1, 0.15) is 109 Å². The van der Waals surface area contributed by atoms with E-state index in [9.17, 15) is 44.4 Å². The van der Waals surface area contributed by atoms with Crippen LogP contribution >= 0.6 is 0 Å². The molecule has 0 radical (unpaired) electrons. The Hall–Kier alpha value is -3.73. The van der Waals surface area contributed by atoms with Gasteiger partial charge in [0.2, 0.25) is 5.91 Å². The lowest BCUT2D eigenvalue weighted by atomic mass is 9.82. The maximum atomic E-state index is 13.3. The molecule has 1 amide bonds. The minimum absolute atomic E-state index is 0.142. The molecule has 1 unspecified atom stereocenters. The van der Waals surface area contributed by atoms with E-state index in [1.807, 2.05) is 6.92 Å². The lowest BCUT2D eigenvalue weighted by Gasteiger charge is -2.29. The average molecular weight is 634 g/mol. The predicted molar refractivity (Wildman–Crippen MR) is 169 cm³/mol.